The van der Waals surface area contributed by atoms with Gasteiger partial charge >= 0.3 is 0 Å². The molecule has 3 aromatic carbocycles. The van der Waals surface area contributed by atoms with Crippen LogP contribution in [0.5, 0.6) is 11.5 Å². The number of nitrogens with zero attached hydrogens (tertiary/aromatic N) is 1. The highest BCUT2D eigenvalue weighted by molar-refractivity contribution is 6.35. The number of nitro groups is 1. The van der Waals surface area contributed by atoms with Crippen LogP contribution in [-0.2, 0) is 13.2 Å². The molecule has 0 aromatic heterocycles. The van der Waals surface area contributed by atoms with E-state index in [0.29, 0.717) is 41.2 Å². The Morgan fingerprint density at radius 3 is 2.34 bits per heavy atom. The molecule has 0 saturated carbocycles. The summed E-state index contributed by atoms with van der Waals surface area (Å²) in [6, 6.07) is 17.4. The highest BCUT2D eigenvalue weighted by Gasteiger charge is 2.10. The maximum Gasteiger partial charge on any atom is 0.269 e. The monoisotopic (exact) mass is 475 g/mol. The third-order valence-corrected chi connectivity index (χ3v) is 5.41. The number of rotatable bonds is 11. The summed E-state index contributed by atoms with van der Waals surface area (Å²) in [5.74, 6) is 1.23. The van der Waals surface area contributed by atoms with Crippen LogP contribution < -0.4 is 20.1 Å². The Hall–Kier alpha value is -3.00. The van der Waals surface area contributed by atoms with Gasteiger partial charge in [0, 0.05) is 53.1 Å². The second-order valence-corrected chi connectivity index (χ2v) is 7.70. The molecule has 2 N–H and O–H groups in total. The predicted octanol–water partition coefficient (Wildman–Crippen LogP) is 5.69. The number of anilines is 1. The van der Waals surface area contributed by atoms with Crippen LogP contribution in [0, 0.1) is 10.1 Å². The van der Waals surface area contributed by atoms with Gasteiger partial charge in [0.25, 0.3) is 5.69 Å². The van der Waals surface area contributed by atoms with Gasteiger partial charge in [0.2, 0.25) is 0 Å². The predicted molar refractivity (Wildman–Crippen MR) is 127 cm³/mol. The van der Waals surface area contributed by atoms with Gasteiger partial charge in [-0.3, -0.25) is 10.1 Å². The molecule has 168 valence electrons. The highest BCUT2D eigenvalue weighted by atomic mass is 35.5. The lowest BCUT2D eigenvalue weighted by Gasteiger charge is -2.14. The van der Waals surface area contributed by atoms with Crippen LogP contribution in [0.3, 0.4) is 0 Å². The van der Waals surface area contributed by atoms with Gasteiger partial charge in [-0.15, -0.1) is 0 Å². The number of hydrogen-bond donors (Lipinski definition) is 2. The van der Waals surface area contributed by atoms with Gasteiger partial charge in [-0.25, -0.2) is 0 Å². The fourth-order valence-corrected chi connectivity index (χ4v) is 3.50. The van der Waals surface area contributed by atoms with E-state index in [9.17, 15) is 10.1 Å². The first-order chi connectivity index (χ1) is 15.5. The summed E-state index contributed by atoms with van der Waals surface area (Å²) < 4.78 is 11.3. The fourth-order valence-electron chi connectivity index (χ4n) is 2.99. The Morgan fingerprint density at radius 1 is 0.969 bits per heavy atom. The van der Waals surface area contributed by atoms with E-state index in [1.54, 1.807) is 37.4 Å². The van der Waals surface area contributed by atoms with Crippen molar-refractivity contribution in [3.05, 3.63) is 92.0 Å². The molecule has 0 spiro atoms. The maximum absolute atomic E-state index is 10.7. The Morgan fingerprint density at radius 2 is 1.69 bits per heavy atom. The van der Waals surface area contributed by atoms with Crippen LogP contribution in [0.2, 0.25) is 10.0 Å². The first-order valence-electron chi connectivity index (χ1n) is 9.89. The molecule has 32 heavy (non-hydrogen) atoms. The molecule has 0 saturated heterocycles. The third-order valence-electron chi connectivity index (χ3n) is 4.70. The molecular formula is C23H23Cl2N3O4. The van der Waals surface area contributed by atoms with Crippen molar-refractivity contribution in [3.8, 4) is 11.5 Å². The van der Waals surface area contributed by atoms with E-state index < -0.39 is 4.92 Å². The van der Waals surface area contributed by atoms with Gasteiger partial charge in [0.05, 0.1) is 12.0 Å². The molecule has 0 aliphatic rings. The smallest absolute Gasteiger partial charge is 0.269 e. The average Bonchev–Trinajstić information content (AvgIpc) is 2.79. The van der Waals surface area contributed by atoms with Crippen molar-refractivity contribution < 1.29 is 14.4 Å². The molecule has 0 radical (unpaired) electrons. The summed E-state index contributed by atoms with van der Waals surface area (Å²) >= 11 is 12.4. The first-order valence-corrected chi connectivity index (χ1v) is 10.6. The van der Waals surface area contributed by atoms with Gasteiger partial charge in [-0.05, 0) is 42.0 Å². The molecule has 7 nitrogen and oxygen atoms in total. The number of halogens is 2. The average molecular weight is 476 g/mol. The van der Waals surface area contributed by atoms with Crippen molar-refractivity contribution in [1.82, 2.24) is 5.32 Å². The Labute approximate surface area is 196 Å². The second kappa shape index (κ2) is 11.6. The molecule has 0 bridgehead atoms. The van der Waals surface area contributed by atoms with Crippen molar-refractivity contribution in [2.24, 2.45) is 0 Å². The Bertz CT molecular complexity index is 1040. The number of nitro benzene ring substituents is 1. The van der Waals surface area contributed by atoms with Crippen molar-refractivity contribution in [3.63, 3.8) is 0 Å². The fraction of sp³-hybridized carbons (Fsp3) is 0.217. The minimum atomic E-state index is -0.415. The second-order valence-electron chi connectivity index (χ2n) is 6.88. The minimum absolute atomic E-state index is 0.0741. The van der Waals surface area contributed by atoms with Gasteiger partial charge in [0.1, 0.15) is 6.61 Å². The van der Waals surface area contributed by atoms with Crippen molar-refractivity contribution in [1.29, 1.82) is 0 Å². The summed E-state index contributed by atoms with van der Waals surface area (Å²) in [5, 5.41) is 18.4. The standard InChI is InChI=1S/C23H23Cl2N3O4/c1-31-23-13-16(5-10-22(23)32-15-19-20(24)3-2-4-21(19)25)14-26-11-12-27-17-6-8-18(9-7-17)28(29)30/h2-10,13,26-27H,11-12,14-15H2,1H3. The summed E-state index contributed by atoms with van der Waals surface area (Å²) in [4.78, 5) is 10.3. The summed E-state index contributed by atoms with van der Waals surface area (Å²) in [7, 11) is 1.59. The molecule has 0 aliphatic carbocycles. The molecule has 0 unspecified atom stereocenters. The largest absolute Gasteiger partial charge is 0.493 e. The SMILES string of the molecule is COc1cc(CNCCNc2ccc([N+](=O)[O-])cc2)ccc1OCc1c(Cl)cccc1Cl. The van der Waals surface area contributed by atoms with E-state index in [0.717, 1.165) is 16.8 Å². The lowest BCUT2D eigenvalue weighted by Crippen LogP contribution is -2.21. The highest BCUT2D eigenvalue weighted by Crippen LogP contribution is 2.31. The lowest BCUT2D eigenvalue weighted by atomic mass is 10.2. The van der Waals surface area contributed by atoms with E-state index in [2.05, 4.69) is 10.6 Å². The van der Waals surface area contributed by atoms with Gasteiger partial charge < -0.3 is 20.1 Å². The molecule has 0 amide bonds. The number of methoxy groups -OCH3 is 1. The summed E-state index contributed by atoms with van der Waals surface area (Å²) in [6.07, 6.45) is 0. The van der Waals surface area contributed by atoms with E-state index in [1.165, 1.54) is 12.1 Å². The quantitative estimate of drug-likeness (QED) is 0.210. The summed E-state index contributed by atoms with van der Waals surface area (Å²) in [6.45, 7) is 2.27. The number of ether oxygens (including phenoxy) is 2. The zero-order valence-electron chi connectivity index (χ0n) is 17.4. The number of nitrogens with one attached hydrogen (secondary N) is 2. The molecular weight excluding hydrogens is 453 g/mol. The Kier molecular flexibility index (Phi) is 8.56. The topological polar surface area (TPSA) is 85.7 Å². The van der Waals surface area contributed by atoms with Crippen molar-refractivity contribution in [2.75, 3.05) is 25.5 Å². The van der Waals surface area contributed by atoms with E-state index >= 15 is 0 Å². The van der Waals surface area contributed by atoms with Crippen LogP contribution >= 0.6 is 23.2 Å². The molecule has 0 fully saturated rings. The van der Waals surface area contributed by atoms with Crippen LogP contribution in [-0.4, -0.2) is 25.1 Å². The van der Waals surface area contributed by atoms with Crippen molar-refractivity contribution in [2.45, 2.75) is 13.2 Å². The zero-order chi connectivity index (χ0) is 22.9. The molecule has 0 heterocycles. The van der Waals surface area contributed by atoms with Gasteiger partial charge in [0.15, 0.2) is 11.5 Å². The zero-order valence-corrected chi connectivity index (χ0v) is 18.9. The van der Waals surface area contributed by atoms with E-state index in [-0.39, 0.29) is 12.3 Å². The van der Waals surface area contributed by atoms with Crippen LogP contribution in [0.15, 0.2) is 60.7 Å². The van der Waals surface area contributed by atoms with E-state index in [4.69, 9.17) is 32.7 Å². The number of benzene rings is 3. The van der Waals surface area contributed by atoms with Crippen molar-refractivity contribution >= 4 is 34.6 Å². The van der Waals surface area contributed by atoms with E-state index in [1.807, 2.05) is 18.2 Å². The van der Waals surface area contributed by atoms with Gasteiger partial charge in [-0.2, -0.15) is 0 Å². The summed E-state index contributed by atoms with van der Waals surface area (Å²) in [5.41, 5.74) is 2.67. The molecule has 3 rings (SSSR count). The van der Waals surface area contributed by atoms with Crippen LogP contribution in [0.25, 0.3) is 0 Å². The maximum atomic E-state index is 10.7. The van der Waals surface area contributed by atoms with Crippen LogP contribution in [0.4, 0.5) is 11.4 Å². The van der Waals surface area contributed by atoms with Crippen LogP contribution in [0.1, 0.15) is 11.1 Å². The molecule has 9 heteroatoms. The normalized spacial score (nSPS) is 10.6. The minimum Gasteiger partial charge on any atom is -0.493 e. The van der Waals surface area contributed by atoms with Gasteiger partial charge in [-0.1, -0.05) is 35.3 Å². The molecule has 0 aliphatic heterocycles. The number of hydrogen-bond acceptors (Lipinski definition) is 6. The number of non-ortho nitro benzene ring substituents is 1. The first kappa shape index (κ1) is 23.7. The molecule has 3 aromatic rings. The third kappa shape index (κ3) is 6.50. The molecule has 0 atom stereocenters. The Balaban J connectivity index is 1.47. The lowest BCUT2D eigenvalue weighted by molar-refractivity contribution is -0.384.